The number of amides is 1. The molecule has 8 aromatic carbocycles. The monoisotopic (exact) mass is 1790 g/mol. The van der Waals surface area contributed by atoms with Gasteiger partial charge in [0.2, 0.25) is 29.1 Å². The number of aryl methyl sites for hydroxylation is 4. The number of likely N-dealkylation sites (tertiary alicyclic amines) is 1. The third-order valence-corrected chi connectivity index (χ3v) is 21.3. The molecule has 0 saturated carbocycles. The summed E-state index contributed by atoms with van der Waals surface area (Å²) in [4.78, 5) is 51.8. The van der Waals surface area contributed by atoms with Crippen molar-refractivity contribution in [2.75, 3.05) is 72.1 Å². The largest absolute Gasteiger partial charge is 0.490 e. The molecule has 1 fully saturated rings. The van der Waals surface area contributed by atoms with Crippen LogP contribution in [0, 0.1) is 20.8 Å². The fourth-order valence-corrected chi connectivity index (χ4v) is 14.5. The molecule has 0 radical (unpaired) electrons. The van der Waals surface area contributed by atoms with Crippen molar-refractivity contribution >= 4 is 11.6 Å². The average Bonchev–Trinajstić information content (AvgIpc) is 1.66. The summed E-state index contributed by atoms with van der Waals surface area (Å²) in [7, 11) is 4.09. The Hall–Kier alpha value is -14.9. The zero-order valence-electron chi connectivity index (χ0n) is 77.6. The van der Waals surface area contributed by atoms with Crippen molar-refractivity contribution in [3.05, 3.63) is 276 Å². The first kappa shape index (κ1) is 95.7. The van der Waals surface area contributed by atoms with E-state index in [2.05, 4.69) is 168 Å². The van der Waals surface area contributed by atoms with Gasteiger partial charge in [-0.25, -0.2) is 0 Å². The molecule has 1 aliphatic heterocycles. The van der Waals surface area contributed by atoms with Crippen molar-refractivity contribution in [3.8, 4) is 149 Å². The second-order valence-electron chi connectivity index (χ2n) is 31.5. The predicted octanol–water partition coefficient (Wildman–Crippen LogP) is 23.3. The van der Waals surface area contributed by atoms with Gasteiger partial charge in [0.25, 0.3) is 35.4 Å². The van der Waals surface area contributed by atoms with Crippen LogP contribution in [0.4, 0.5) is 5.69 Å². The quantitative estimate of drug-likeness (QED) is 0.0361. The Morgan fingerprint density at radius 1 is 0.361 bits per heavy atom. The zero-order chi connectivity index (χ0) is 93.1. The maximum Gasteiger partial charge on any atom is 0.258 e. The lowest BCUT2D eigenvalue weighted by molar-refractivity contribution is 0.102. The Balaban J connectivity index is 0.000000142. The van der Waals surface area contributed by atoms with E-state index in [9.17, 15) is 4.79 Å². The Labute approximate surface area is 775 Å². The van der Waals surface area contributed by atoms with Crippen molar-refractivity contribution < 1.29 is 55.8 Å². The number of ether oxygens (including phenoxy) is 6. The lowest BCUT2D eigenvalue weighted by Gasteiger charge is -2.14. The number of rotatable bonds is 35. The first-order chi connectivity index (χ1) is 65.0. The molecule has 17 rings (SSSR count). The van der Waals surface area contributed by atoms with Gasteiger partial charge >= 0.3 is 0 Å². The van der Waals surface area contributed by atoms with E-state index >= 15 is 0 Å². The van der Waals surface area contributed by atoms with E-state index in [1.54, 1.807) is 61.4 Å². The molecule has 1 saturated heterocycles. The van der Waals surface area contributed by atoms with Crippen LogP contribution < -0.4 is 33.7 Å². The Bertz CT molecular complexity index is 6290. The Kier molecular flexibility index (Phi) is 35.4. The number of benzene rings is 8. The maximum atomic E-state index is 12.6. The summed E-state index contributed by atoms with van der Waals surface area (Å²) < 4.78 is 61.2. The zero-order valence-corrected chi connectivity index (χ0v) is 77.6. The highest BCUT2D eigenvalue weighted by Crippen LogP contribution is 2.38. The van der Waals surface area contributed by atoms with Gasteiger partial charge in [-0.1, -0.05) is 125 Å². The number of hydrogen-bond donors (Lipinski definition) is 1. The number of carbonyl (C=O) groups is 1. The van der Waals surface area contributed by atoms with E-state index in [1.807, 2.05) is 172 Å². The molecule has 1 amide bonds. The molecule has 16 aromatic rings. The number of anilines is 1. The molecule has 9 heterocycles. The summed E-state index contributed by atoms with van der Waals surface area (Å²) in [5.74, 6) is 8.97. The van der Waals surface area contributed by atoms with Crippen molar-refractivity contribution in [2.24, 2.45) is 0 Å². The van der Waals surface area contributed by atoms with Crippen LogP contribution in [0.25, 0.3) is 114 Å². The van der Waals surface area contributed by atoms with Gasteiger partial charge in [-0.05, 0) is 288 Å². The van der Waals surface area contributed by atoms with E-state index in [1.165, 1.54) is 92.3 Å². The van der Waals surface area contributed by atoms with Gasteiger partial charge in [-0.2, -0.15) is 24.9 Å². The summed E-state index contributed by atoms with van der Waals surface area (Å²) in [6.07, 6.45) is 21.8. The van der Waals surface area contributed by atoms with Crippen LogP contribution in [0.1, 0.15) is 144 Å². The smallest absolute Gasteiger partial charge is 0.258 e. The highest BCUT2D eigenvalue weighted by Gasteiger charge is 2.22. The molecule has 0 bridgehead atoms. The lowest BCUT2D eigenvalue weighted by Crippen LogP contribution is -2.18. The molecule has 133 heavy (non-hydrogen) atoms. The van der Waals surface area contributed by atoms with Crippen LogP contribution in [0.2, 0.25) is 0 Å². The number of aromatic nitrogens is 13. The van der Waals surface area contributed by atoms with Crippen molar-refractivity contribution in [3.63, 3.8) is 0 Å². The van der Waals surface area contributed by atoms with E-state index < -0.39 is 0 Å². The molecule has 0 spiro atoms. The summed E-state index contributed by atoms with van der Waals surface area (Å²) in [6.45, 7) is 27.4. The van der Waals surface area contributed by atoms with Gasteiger partial charge in [0, 0.05) is 117 Å². The number of nitrogens with one attached hydrogen (secondary N) is 1. The van der Waals surface area contributed by atoms with Crippen LogP contribution in [-0.2, 0) is 19.5 Å². The van der Waals surface area contributed by atoms with Crippen LogP contribution >= 0.6 is 0 Å². The van der Waals surface area contributed by atoms with Gasteiger partial charge in [0.05, 0.1) is 39.6 Å². The minimum Gasteiger partial charge on any atom is -0.490 e. The van der Waals surface area contributed by atoms with Gasteiger partial charge in [-0.15, -0.1) is 0 Å². The molecule has 0 unspecified atom stereocenters. The van der Waals surface area contributed by atoms with E-state index in [4.69, 9.17) is 51.0 Å². The SMILES string of the molecule is CCCCCCCCc1ccc(-c2nc(-c3ccncc3)no2)cc1.CCOc1ccc(-c2nc(-c3ccc(C(=O)Nc4ccncc4)cc3C)no2)cc1OCC.CCOc1ccc(-c2nc(-c3cccc(CN(C)C)c3)no2)cc1OCC.CCOc1ccc(-c2nc(-c3cccc(CN4CCCC4)c3)no2)cc1OCC.Cc1ccc(-c2nc(-c3cccnc3)no2)cc1C. The molecule has 1 aliphatic rings. The molecule has 28 nitrogen and oxygen atoms in total. The number of carbonyl (C=O) groups excluding carboxylic acids is 1. The van der Waals surface area contributed by atoms with Gasteiger partial charge in [0.1, 0.15) is 0 Å². The third-order valence-electron chi connectivity index (χ3n) is 21.3. The second kappa shape index (κ2) is 49.2. The Morgan fingerprint density at radius 2 is 0.797 bits per heavy atom. The molecule has 1 N–H and O–H groups in total. The molecule has 0 atom stereocenters. The van der Waals surface area contributed by atoms with Crippen LogP contribution in [0.3, 0.4) is 0 Å². The van der Waals surface area contributed by atoms with Crippen LogP contribution in [0.15, 0.2) is 260 Å². The summed E-state index contributed by atoms with van der Waals surface area (Å²) in [5.41, 5.74) is 17.0. The number of unbranched alkanes of at least 4 members (excludes halogenated alkanes) is 5. The van der Waals surface area contributed by atoms with Gasteiger partial charge < -0.3 is 61.3 Å². The van der Waals surface area contributed by atoms with Gasteiger partial charge in [0.15, 0.2) is 34.5 Å². The van der Waals surface area contributed by atoms with E-state index in [-0.39, 0.29) is 5.91 Å². The minimum absolute atomic E-state index is 0.206. The summed E-state index contributed by atoms with van der Waals surface area (Å²) in [5, 5.41) is 23.4. The number of hydrogen-bond acceptors (Lipinski definition) is 27. The first-order valence-electron chi connectivity index (χ1n) is 45.3. The highest BCUT2D eigenvalue weighted by molar-refractivity contribution is 6.04. The average molecular weight is 1790 g/mol. The number of nitrogens with zero attached hydrogens (tertiary/aromatic N) is 15. The normalized spacial score (nSPS) is 11.6. The first-order valence-corrected chi connectivity index (χ1v) is 45.3. The van der Waals surface area contributed by atoms with E-state index in [0.717, 1.165) is 80.7 Å². The minimum atomic E-state index is -0.206. The van der Waals surface area contributed by atoms with Crippen molar-refractivity contribution in [1.29, 1.82) is 0 Å². The predicted molar refractivity (Wildman–Crippen MR) is 514 cm³/mol. The standard InChI is InChI=1S/C25H24N4O4.C23H27N3O3.C21H25N3O3.C21H25N3O.C15H13N3O/c1-4-31-21-9-7-18(15-22(21)32-5-2)25-28-23(29-33-25)20-8-6-17(14-16(20)3)24(30)27-19-10-12-26-13-11-19;1-3-27-20-11-10-19(15-21(20)28-4-2)23-24-22(25-29-23)18-9-7-8-17(14-18)16-26-12-5-6-13-26;1-5-25-18-11-10-17(13-19(18)26-6-2)21-22-20(23-27-21)16-9-7-8-15(12-16)14-24(3)4;1-2-3-4-5-6-7-8-17-9-11-19(12-10-17)21-23-20(24-25-21)18-13-15-22-16-14-18;1-10-5-6-12(8-11(10)2)15-17-14(18-19-15)13-4-3-7-16-9-13/h6-15H,4-5H2,1-3H3,(H,26,27,30);7-11,14-15H,3-6,12-13,16H2,1-2H3;7-13H,5-6,14H2,1-4H3;9-16H,2-8H2,1H3;3-9H,1-2H3. The number of pyridine rings is 3. The van der Waals surface area contributed by atoms with Crippen LogP contribution in [-0.4, -0.2) is 148 Å². The molecule has 0 aliphatic carbocycles. The fourth-order valence-electron chi connectivity index (χ4n) is 14.5. The second-order valence-corrected chi connectivity index (χ2v) is 31.5. The summed E-state index contributed by atoms with van der Waals surface area (Å²) >= 11 is 0. The highest BCUT2D eigenvalue weighted by atomic mass is 16.5. The topological polar surface area (TPSA) is 324 Å². The maximum absolute atomic E-state index is 12.6. The fraction of sp³-hybridized carbons (Fsp3) is 0.295. The van der Waals surface area contributed by atoms with E-state index in [0.29, 0.717) is 144 Å². The summed E-state index contributed by atoms with van der Waals surface area (Å²) in [6, 6.07) is 64.2. The molecular weight excluding hydrogens is 1680 g/mol. The van der Waals surface area contributed by atoms with Gasteiger partial charge in [-0.3, -0.25) is 24.6 Å². The molecule has 686 valence electrons. The molecule has 28 heteroatoms. The Morgan fingerprint density at radius 3 is 1.29 bits per heavy atom. The molecular formula is C105H114N16O12. The van der Waals surface area contributed by atoms with Crippen molar-refractivity contribution in [2.45, 2.75) is 140 Å². The third kappa shape index (κ3) is 27.4. The lowest BCUT2D eigenvalue weighted by atomic mass is 10.0. The molecule has 8 aromatic heterocycles. The van der Waals surface area contributed by atoms with Crippen molar-refractivity contribution in [1.82, 2.24) is 75.5 Å². The van der Waals surface area contributed by atoms with Crippen LogP contribution in [0.5, 0.6) is 34.5 Å².